The Hall–Kier alpha value is -3.09. The Morgan fingerprint density at radius 2 is 2.05 bits per heavy atom. The van der Waals surface area contributed by atoms with Crippen LogP contribution in [0.1, 0.15) is 0 Å². The van der Waals surface area contributed by atoms with Crippen LogP contribution in [0.25, 0.3) is 11.3 Å². The largest absolute Gasteiger partial charge is 0.384 e. The van der Waals surface area contributed by atoms with Crippen molar-refractivity contribution < 1.29 is 0 Å². The normalized spacial score (nSPS) is 11.2. The first-order chi connectivity index (χ1) is 9.79. The van der Waals surface area contributed by atoms with Gasteiger partial charge in [-0.2, -0.15) is 9.50 Å². The van der Waals surface area contributed by atoms with Crippen molar-refractivity contribution in [2.24, 2.45) is 0 Å². The highest BCUT2D eigenvalue weighted by molar-refractivity contribution is 5.61. The summed E-state index contributed by atoms with van der Waals surface area (Å²) in [4.78, 5) is 8.60. The summed E-state index contributed by atoms with van der Waals surface area (Å²) >= 11 is 0. The Bertz CT molecular complexity index is 905. The van der Waals surface area contributed by atoms with Crippen LogP contribution in [-0.4, -0.2) is 24.0 Å². The van der Waals surface area contributed by atoms with Gasteiger partial charge in [0.1, 0.15) is 11.5 Å². The van der Waals surface area contributed by atoms with Gasteiger partial charge in [0.25, 0.3) is 0 Å². The molecule has 0 saturated heterocycles. The molecule has 7 heteroatoms. The van der Waals surface area contributed by atoms with E-state index in [-0.39, 0.29) is 0 Å². The zero-order chi connectivity index (χ0) is 13.5. The third-order valence-electron chi connectivity index (χ3n) is 3.04. The fraction of sp³-hybridized carbons (Fsp3) is 0. The van der Waals surface area contributed by atoms with Crippen molar-refractivity contribution in [3.8, 4) is 0 Å². The summed E-state index contributed by atoms with van der Waals surface area (Å²) in [5.41, 5.74) is 8.28. The summed E-state index contributed by atoms with van der Waals surface area (Å²) in [6, 6.07) is 9.34. The molecule has 4 aromatic heterocycles. The molecule has 3 N–H and O–H groups in total. The Balaban J connectivity index is 1.74. The summed E-state index contributed by atoms with van der Waals surface area (Å²) in [5.74, 6) is 1.05. The zero-order valence-corrected chi connectivity index (χ0v) is 10.4. The van der Waals surface area contributed by atoms with E-state index in [1.54, 1.807) is 16.8 Å². The topological polar surface area (TPSA) is 85.5 Å². The number of aromatic nitrogens is 5. The lowest BCUT2D eigenvalue weighted by molar-refractivity contribution is 0.977. The molecule has 0 amide bonds. The number of nitrogen functional groups attached to an aromatic ring is 1. The fourth-order valence-electron chi connectivity index (χ4n) is 2.10. The molecule has 0 aliphatic heterocycles. The van der Waals surface area contributed by atoms with E-state index in [1.807, 2.05) is 41.1 Å². The molecule has 4 aromatic rings. The fourth-order valence-corrected chi connectivity index (χ4v) is 2.10. The first-order valence-electron chi connectivity index (χ1n) is 6.11. The van der Waals surface area contributed by atoms with Gasteiger partial charge >= 0.3 is 0 Å². The van der Waals surface area contributed by atoms with Gasteiger partial charge in [-0.1, -0.05) is 6.07 Å². The smallest absolute Gasteiger partial charge is 0.247 e. The lowest BCUT2D eigenvalue weighted by atomic mass is 10.4. The van der Waals surface area contributed by atoms with E-state index < -0.39 is 0 Å². The standard InChI is InChI=1S/C13H11N7/c14-10-2-1-3-11-17-13(18-20(10)11)16-9-4-6-19-7-5-15-12(19)8-9/h1-8H,14H2,(H,16,18). The summed E-state index contributed by atoms with van der Waals surface area (Å²) < 4.78 is 3.52. The molecule has 0 radical (unpaired) electrons. The monoisotopic (exact) mass is 265 g/mol. The number of hydrogen-bond donors (Lipinski definition) is 2. The molecule has 4 rings (SSSR count). The molecule has 0 unspecified atom stereocenters. The molecule has 0 aromatic carbocycles. The first-order valence-corrected chi connectivity index (χ1v) is 6.11. The van der Waals surface area contributed by atoms with Crippen molar-refractivity contribution in [2.45, 2.75) is 0 Å². The van der Waals surface area contributed by atoms with Gasteiger partial charge in [0.05, 0.1) is 0 Å². The van der Waals surface area contributed by atoms with Crippen molar-refractivity contribution in [1.82, 2.24) is 24.0 Å². The second kappa shape index (κ2) is 3.95. The maximum absolute atomic E-state index is 5.84. The van der Waals surface area contributed by atoms with E-state index in [0.29, 0.717) is 17.4 Å². The van der Waals surface area contributed by atoms with Crippen LogP contribution in [0.15, 0.2) is 48.9 Å². The van der Waals surface area contributed by atoms with Crippen LogP contribution >= 0.6 is 0 Å². The minimum absolute atomic E-state index is 0.499. The maximum atomic E-state index is 5.84. The van der Waals surface area contributed by atoms with E-state index in [4.69, 9.17) is 5.73 Å². The van der Waals surface area contributed by atoms with Crippen LogP contribution in [0.3, 0.4) is 0 Å². The summed E-state index contributed by atoms with van der Waals surface area (Å²) in [6.07, 6.45) is 5.57. The Morgan fingerprint density at radius 1 is 1.10 bits per heavy atom. The number of nitrogens with zero attached hydrogens (tertiary/aromatic N) is 5. The molecule has 0 saturated carbocycles. The van der Waals surface area contributed by atoms with E-state index in [2.05, 4.69) is 20.4 Å². The number of nitrogens with one attached hydrogen (secondary N) is 1. The van der Waals surface area contributed by atoms with E-state index in [9.17, 15) is 0 Å². The molecular formula is C13H11N7. The molecule has 4 heterocycles. The SMILES string of the molecule is Nc1cccc2nc(Nc3ccn4ccnc4c3)nn12. The zero-order valence-electron chi connectivity index (χ0n) is 10.4. The van der Waals surface area contributed by atoms with Gasteiger partial charge in [-0.15, -0.1) is 5.10 Å². The second-order valence-corrected chi connectivity index (χ2v) is 4.39. The number of rotatable bonds is 2. The molecule has 7 nitrogen and oxygen atoms in total. The van der Waals surface area contributed by atoms with E-state index in [1.165, 1.54) is 0 Å². The second-order valence-electron chi connectivity index (χ2n) is 4.39. The molecule has 0 bridgehead atoms. The third-order valence-corrected chi connectivity index (χ3v) is 3.04. The highest BCUT2D eigenvalue weighted by Crippen LogP contribution is 2.16. The average molecular weight is 265 g/mol. The number of pyridine rings is 2. The predicted octanol–water partition coefficient (Wildman–Crippen LogP) is 1.70. The van der Waals surface area contributed by atoms with Gasteiger partial charge in [0.2, 0.25) is 5.95 Å². The number of fused-ring (bicyclic) bond motifs is 2. The quantitative estimate of drug-likeness (QED) is 0.576. The van der Waals surface area contributed by atoms with Crippen LogP contribution in [0, 0.1) is 0 Å². The molecule has 98 valence electrons. The maximum Gasteiger partial charge on any atom is 0.247 e. The van der Waals surface area contributed by atoms with Crippen molar-refractivity contribution in [3.63, 3.8) is 0 Å². The van der Waals surface area contributed by atoms with Crippen molar-refractivity contribution in [3.05, 3.63) is 48.9 Å². The Labute approximate surface area is 113 Å². The van der Waals surface area contributed by atoms with Crippen LogP contribution in [0.4, 0.5) is 17.5 Å². The Morgan fingerprint density at radius 3 is 2.95 bits per heavy atom. The van der Waals surface area contributed by atoms with Crippen LogP contribution < -0.4 is 11.1 Å². The molecule has 0 spiro atoms. The van der Waals surface area contributed by atoms with Crippen LogP contribution in [0.5, 0.6) is 0 Å². The molecule has 0 atom stereocenters. The van der Waals surface area contributed by atoms with Gasteiger partial charge < -0.3 is 15.5 Å². The van der Waals surface area contributed by atoms with Gasteiger partial charge in [-0.3, -0.25) is 0 Å². The van der Waals surface area contributed by atoms with Gasteiger partial charge in [0.15, 0.2) is 5.65 Å². The minimum Gasteiger partial charge on any atom is -0.384 e. The lowest BCUT2D eigenvalue weighted by Gasteiger charge is -2.01. The van der Waals surface area contributed by atoms with Crippen molar-refractivity contribution in [1.29, 1.82) is 0 Å². The van der Waals surface area contributed by atoms with Crippen molar-refractivity contribution in [2.75, 3.05) is 11.1 Å². The Kier molecular flexibility index (Phi) is 2.13. The third kappa shape index (κ3) is 1.64. The summed E-state index contributed by atoms with van der Waals surface area (Å²) in [7, 11) is 0. The van der Waals surface area contributed by atoms with Gasteiger partial charge in [-0.05, 0) is 18.2 Å². The first kappa shape index (κ1) is 10.8. The number of imidazole rings is 1. The van der Waals surface area contributed by atoms with Gasteiger partial charge in [0, 0.05) is 30.3 Å². The van der Waals surface area contributed by atoms with E-state index in [0.717, 1.165) is 11.3 Å². The highest BCUT2D eigenvalue weighted by atomic mass is 15.4. The number of hydrogen-bond acceptors (Lipinski definition) is 5. The average Bonchev–Trinajstić information content (AvgIpc) is 3.05. The number of anilines is 3. The lowest BCUT2D eigenvalue weighted by Crippen LogP contribution is -1.98. The molecule has 0 aliphatic rings. The molecule has 0 fully saturated rings. The predicted molar refractivity (Wildman–Crippen MR) is 75.9 cm³/mol. The van der Waals surface area contributed by atoms with Crippen LogP contribution in [0.2, 0.25) is 0 Å². The molecular weight excluding hydrogens is 254 g/mol. The highest BCUT2D eigenvalue weighted by Gasteiger charge is 2.06. The molecule has 0 aliphatic carbocycles. The van der Waals surface area contributed by atoms with E-state index >= 15 is 0 Å². The van der Waals surface area contributed by atoms with Crippen LogP contribution in [-0.2, 0) is 0 Å². The summed E-state index contributed by atoms with van der Waals surface area (Å²) in [6.45, 7) is 0. The van der Waals surface area contributed by atoms with Crippen molar-refractivity contribution >= 4 is 28.7 Å². The minimum atomic E-state index is 0.499. The summed E-state index contributed by atoms with van der Waals surface area (Å²) in [5, 5.41) is 7.47. The number of nitrogens with two attached hydrogens (primary N) is 1. The van der Waals surface area contributed by atoms with Gasteiger partial charge in [-0.25, -0.2) is 4.98 Å². The molecule has 20 heavy (non-hydrogen) atoms.